The van der Waals surface area contributed by atoms with Crippen molar-refractivity contribution in [3.63, 3.8) is 0 Å². The fraction of sp³-hybridized carbons (Fsp3) is 0.929. The van der Waals surface area contributed by atoms with Gasteiger partial charge in [-0.1, -0.05) is 0 Å². The second kappa shape index (κ2) is 7.10. The molecule has 110 valence electrons. The van der Waals surface area contributed by atoms with Gasteiger partial charge in [-0.25, -0.2) is 4.79 Å². The van der Waals surface area contributed by atoms with Crippen molar-refractivity contribution in [1.29, 1.82) is 0 Å². The molecule has 0 bridgehead atoms. The van der Waals surface area contributed by atoms with Crippen molar-refractivity contribution in [1.82, 2.24) is 10.6 Å². The van der Waals surface area contributed by atoms with E-state index in [1.165, 1.54) is 0 Å². The van der Waals surface area contributed by atoms with Crippen molar-refractivity contribution < 1.29 is 14.6 Å². The molecule has 0 heterocycles. The van der Waals surface area contributed by atoms with Crippen LogP contribution in [0.25, 0.3) is 0 Å². The van der Waals surface area contributed by atoms with Gasteiger partial charge in [-0.3, -0.25) is 0 Å². The van der Waals surface area contributed by atoms with Crippen LogP contribution in [0, 0.1) is 5.92 Å². The van der Waals surface area contributed by atoms with Crippen LogP contribution < -0.4 is 10.6 Å². The van der Waals surface area contributed by atoms with E-state index in [4.69, 9.17) is 4.74 Å². The fourth-order valence-electron chi connectivity index (χ4n) is 3.20. The van der Waals surface area contributed by atoms with Crippen molar-refractivity contribution in [3.05, 3.63) is 0 Å². The minimum atomic E-state index is -0.171. The number of methoxy groups -OCH3 is 1. The lowest BCUT2D eigenvalue weighted by Crippen LogP contribution is -2.46. The molecule has 2 saturated carbocycles. The van der Waals surface area contributed by atoms with E-state index in [0.29, 0.717) is 12.5 Å². The van der Waals surface area contributed by atoms with Crippen LogP contribution in [0.3, 0.4) is 0 Å². The van der Waals surface area contributed by atoms with E-state index in [2.05, 4.69) is 10.6 Å². The molecule has 2 fully saturated rings. The van der Waals surface area contributed by atoms with Gasteiger partial charge in [-0.2, -0.15) is 0 Å². The molecule has 3 N–H and O–H groups in total. The summed E-state index contributed by atoms with van der Waals surface area (Å²) >= 11 is 0. The van der Waals surface area contributed by atoms with Crippen LogP contribution >= 0.6 is 0 Å². The first kappa shape index (κ1) is 14.6. The van der Waals surface area contributed by atoms with Crippen LogP contribution in [0.5, 0.6) is 0 Å². The molecular weight excluding hydrogens is 244 g/mol. The molecule has 0 radical (unpaired) electrons. The summed E-state index contributed by atoms with van der Waals surface area (Å²) in [6, 6.07) is 0.149. The van der Waals surface area contributed by atoms with Crippen molar-refractivity contribution in [3.8, 4) is 0 Å². The van der Waals surface area contributed by atoms with Gasteiger partial charge in [0.15, 0.2) is 0 Å². The van der Waals surface area contributed by atoms with E-state index in [-0.39, 0.29) is 24.3 Å². The van der Waals surface area contributed by atoms with E-state index in [9.17, 15) is 9.90 Å². The van der Waals surface area contributed by atoms with Gasteiger partial charge in [0, 0.05) is 19.7 Å². The SMILES string of the molecule is COC1CCCC(NC(=O)NCC2CCC(O)C2)C1. The predicted molar refractivity (Wildman–Crippen MR) is 72.9 cm³/mol. The number of aliphatic hydroxyl groups is 1. The van der Waals surface area contributed by atoms with Crippen molar-refractivity contribution in [2.45, 2.75) is 63.2 Å². The largest absolute Gasteiger partial charge is 0.393 e. The molecule has 5 nitrogen and oxygen atoms in total. The molecule has 2 rings (SSSR count). The van der Waals surface area contributed by atoms with Gasteiger partial charge in [0.1, 0.15) is 0 Å². The Labute approximate surface area is 115 Å². The molecule has 5 heteroatoms. The molecule has 0 aromatic carbocycles. The summed E-state index contributed by atoms with van der Waals surface area (Å²) in [5.41, 5.74) is 0. The van der Waals surface area contributed by atoms with Crippen LogP contribution in [0.15, 0.2) is 0 Å². The highest BCUT2D eigenvalue weighted by atomic mass is 16.5. The third kappa shape index (κ3) is 4.66. The summed E-state index contributed by atoms with van der Waals surface area (Å²) < 4.78 is 5.36. The number of ether oxygens (including phenoxy) is 1. The minimum Gasteiger partial charge on any atom is -0.393 e. The number of amides is 2. The molecule has 0 saturated heterocycles. The van der Waals surface area contributed by atoms with Gasteiger partial charge >= 0.3 is 6.03 Å². The third-order valence-electron chi connectivity index (χ3n) is 4.36. The Kier molecular flexibility index (Phi) is 5.45. The van der Waals surface area contributed by atoms with Crippen LogP contribution in [-0.4, -0.2) is 43.0 Å². The Morgan fingerprint density at radius 1 is 1.26 bits per heavy atom. The maximum Gasteiger partial charge on any atom is 0.315 e. The summed E-state index contributed by atoms with van der Waals surface area (Å²) in [6.07, 6.45) is 6.95. The number of urea groups is 1. The van der Waals surface area contributed by atoms with E-state index in [0.717, 1.165) is 44.9 Å². The summed E-state index contributed by atoms with van der Waals surface area (Å²) in [4.78, 5) is 11.8. The highest BCUT2D eigenvalue weighted by Gasteiger charge is 2.25. The Balaban J connectivity index is 1.63. The second-order valence-electron chi connectivity index (χ2n) is 5.91. The third-order valence-corrected chi connectivity index (χ3v) is 4.36. The molecule has 4 unspecified atom stereocenters. The molecule has 2 aliphatic rings. The van der Waals surface area contributed by atoms with Gasteiger partial charge in [0.05, 0.1) is 12.2 Å². The topological polar surface area (TPSA) is 70.6 Å². The van der Waals surface area contributed by atoms with E-state index >= 15 is 0 Å². The van der Waals surface area contributed by atoms with E-state index in [1.807, 2.05) is 0 Å². The zero-order valence-corrected chi connectivity index (χ0v) is 11.7. The Morgan fingerprint density at radius 3 is 2.79 bits per heavy atom. The number of nitrogens with one attached hydrogen (secondary N) is 2. The van der Waals surface area contributed by atoms with Gasteiger partial charge in [-0.15, -0.1) is 0 Å². The molecule has 2 aliphatic carbocycles. The normalized spacial score (nSPS) is 35.1. The number of rotatable bonds is 4. The van der Waals surface area contributed by atoms with E-state index < -0.39 is 0 Å². The lowest BCUT2D eigenvalue weighted by atomic mass is 9.93. The van der Waals surface area contributed by atoms with Crippen LogP contribution in [-0.2, 0) is 4.74 Å². The monoisotopic (exact) mass is 270 g/mol. The van der Waals surface area contributed by atoms with Crippen molar-refractivity contribution in [2.24, 2.45) is 5.92 Å². The summed E-state index contributed by atoms with van der Waals surface area (Å²) in [5, 5.41) is 15.4. The molecule has 0 spiro atoms. The average molecular weight is 270 g/mol. The molecule has 19 heavy (non-hydrogen) atoms. The average Bonchev–Trinajstić information content (AvgIpc) is 2.82. The molecule has 4 atom stereocenters. The molecule has 0 aromatic rings. The number of hydrogen-bond acceptors (Lipinski definition) is 3. The second-order valence-corrected chi connectivity index (χ2v) is 5.91. The quantitative estimate of drug-likeness (QED) is 0.723. The summed E-state index contributed by atoms with van der Waals surface area (Å²) in [6.45, 7) is 0.670. The summed E-state index contributed by atoms with van der Waals surface area (Å²) in [7, 11) is 1.73. The maximum absolute atomic E-state index is 11.8. The predicted octanol–water partition coefficient (Wildman–Crippen LogP) is 1.40. The number of hydrogen-bond donors (Lipinski definition) is 3. The molecular formula is C14H26N2O3. The molecule has 2 amide bonds. The zero-order chi connectivity index (χ0) is 13.7. The van der Waals surface area contributed by atoms with Crippen LogP contribution in [0.4, 0.5) is 4.79 Å². The Hall–Kier alpha value is -0.810. The summed E-state index contributed by atoms with van der Waals surface area (Å²) in [5.74, 6) is 0.429. The van der Waals surface area contributed by atoms with E-state index in [1.54, 1.807) is 7.11 Å². The fourth-order valence-corrected chi connectivity index (χ4v) is 3.20. The first-order valence-electron chi connectivity index (χ1n) is 7.42. The molecule has 0 aliphatic heterocycles. The smallest absolute Gasteiger partial charge is 0.315 e. The molecule has 0 aromatic heterocycles. The number of carbonyl (C=O) groups excluding carboxylic acids is 1. The number of aliphatic hydroxyl groups excluding tert-OH is 1. The van der Waals surface area contributed by atoms with Crippen molar-refractivity contribution in [2.75, 3.05) is 13.7 Å². The Bertz CT molecular complexity index is 298. The lowest BCUT2D eigenvalue weighted by molar-refractivity contribution is 0.0604. The first-order valence-corrected chi connectivity index (χ1v) is 7.42. The van der Waals surface area contributed by atoms with Gasteiger partial charge < -0.3 is 20.5 Å². The van der Waals surface area contributed by atoms with Gasteiger partial charge in [0.2, 0.25) is 0 Å². The number of carbonyl (C=O) groups is 1. The Morgan fingerprint density at radius 2 is 2.11 bits per heavy atom. The minimum absolute atomic E-state index is 0.0804. The lowest BCUT2D eigenvalue weighted by Gasteiger charge is -2.29. The van der Waals surface area contributed by atoms with Gasteiger partial charge in [-0.05, 0) is 50.9 Å². The highest BCUT2D eigenvalue weighted by molar-refractivity contribution is 5.74. The zero-order valence-electron chi connectivity index (χ0n) is 11.7. The standard InChI is InChI=1S/C14H26N2O3/c1-19-13-4-2-3-11(8-13)16-14(18)15-9-10-5-6-12(17)7-10/h10-13,17H,2-9H2,1H3,(H2,15,16,18). The highest BCUT2D eigenvalue weighted by Crippen LogP contribution is 2.24. The maximum atomic E-state index is 11.8. The van der Waals surface area contributed by atoms with Crippen molar-refractivity contribution >= 4 is 6.03 Å². The van der Waals surface area contributed by atoms with Gasteiger partial charge in [0.25, 0.3) is 0 Å². The van der Waals surface area contributed by atoms with Crippen LogP contribution in [0.2, 0.25) is 0 Å². The van der Waals surface area contributed by atoms with Crippen LogP contribution in [0.1, 0.15) is 44.9 Å². The first-order chi connectivity index (χ1) is 9.17.